The SMILES string of the molecule is CC(=O)SCC1CCC(C(=O)O)S1. The number of carbonyl (C=O) groups excluding carboxylic acids is 1. The highest BCUT2D eigenvalue weighted by molar-refractivity contribution is 8.14. The average Bonchev–Trinajstić information content (AvgIpc) is 2.48. The molecule has 0 saturated carbocycles. The first kappa shape index (κ1) is 10.9. The fraction of sp³-hybridized carbons (Fsp3) is 0.750. The van der Waals surface area contributed by atoms with Gasteiger partial charge in [-0.25, -0.2) is 0 Å². The fourth-order valence-electron chi connectivity index (χ4n) is 1.22. The molecule has 13 heavy (non-hydrogen) atoms. The van der Waals surface area contributed by atoms with Crippen molar-refractivity contribution in [3.63, 3.8) is 0 Å². The van der Waals surface area contributed by atoms with E-state index in [9.17, 15) is 9.59 Å². The largest absolute Gasteiger partial charge is 0.480 e. The van der Waals surface area contributed by atoms with Crippen molar-refractivity contribution in [2.75, 3.05) is 5.75 Å². The summed E-state index contributed by atoms with van der Waals surface area (Å²) in [5.41, 5.74) is 0. The summed E-state index contributed by atoms with van der Waals surface area (Å²) in [5.74, 6) is 0.0318. The van der Waals surface area contributed by atoms with Gasteiger partial charge in [0.25, 0.3) is 0 Å². The summed E-state index contributed by atoms with van der Waals surface area (Å²) in [7, 11) is 0. The topological polar surface area (TPSA) is 54.4 Å². The Balaban J connectivity index is 2.25. The van der Waals surface area contributed by atoms with Crippen LogP contribution in [0.15, 0.2) is 0 Å². The van der Waals surface area contributed by atoms with E-state index in [1.165, 1.54) is 23.5 Å². The normalized spacial score (nSPS) is 27.5. The van der Waals surface area contributed by atoms with Crippen molar-refractivity contribution in [1.29, 1.82) is 0 Å². The molecule has 0 aromatic heterocycles. The number of thioether (sulfide) groups is 2. The molecule has 2 atom stereocenters. The van der Waals surface area contributed by atoms with Crippen molar-refractivity contribution in [1.82, 2.24) is 0 Å². The maximum atomic E-state index is 10.7. The first-order valence-corrected chi connectivity index (χ1v) is 6.04. The van der Waals surface area contributed by atoms with E-state index >= 15 is 0 Å². The van der Waals surface area contributed by atoms with Crippen molar-refractivity contribution < 1.29 is 14.7 Å². The number of carboxylic acids is 1. The predicted octanol–water partition coefficient (Wildman–Crippen LogP) is 1.61. The molecule has 1 N–H and O–H groups in total. The minimum Gasteiger partial charge on any atom is -0.480 e. The molecule has 1 saturated heterocycles. The lowest BCUT2D eigenvalue weighted by molar-refractivity contribution is -0.136. The Kier molecular flexibility index (Phi) is 4.12. The van der Waals surface area contributed by atoms with Crippen LogP contribution in [0.1, 0.15) is 19.8 Å². The predicted molar refractivity (Wildman–Crippen MR) is 55.2 cm³/mol. The van der Waals surface area contributed by atoms with Crippen molar-refractivity contribution in [2.45, 2.75) is 30.3 Å². The van der Waals surface area contributed by atoms with Crippen LogP contribution in [0.5, 0.6) is 0 Å². The summed E-state index contributed by atoms with van der Waals surface area (Å²) in [5, 5.41) is 8.91. The Morgan fingerprint density at radius 1 is 1.54 bits per heavy atom. The Morgan fingerprint density at radius 3 is 2.69 bits per heavy atom. The van der Waals surface area contributed by atoms with Crippen molar-refractivity contribution >= 4 is 34.6 Å². The molecule has 1 heterocycles. The van der Waals surface area contributed by atoms with Crippen LogP contribution >= 0.6 is 23.5 Å². The third-order valence-corrected chi connectivity index (χ3v) is 4.60. The Hall–Kier alpha value is -0.160. The molecule has 0 aromatic carbocycles. The lowest BCUT2D eigenvalue weighted by atomic mass is 10.2. The fourth-order valence-corrected chi connectivity index (χ4v) is 3.45. The molecule has 1 aliphatic rings. The zero-order valence-electron chi connectivity index (χ0n) is 7.36. The Morgan fingerprint density at radius 2 is 2.23 bits per heavy atom. The molecule has 2 unspecified atom stereocenters. The third-order valence-electron chi connectivity index (χ3n) is 1.86. The van der Waals surface area contributed by atoms with E-state index in [1.54, 1.807) is 6.92 Å². The molecule has 1 aliphatic heterocycles. The molecule has 0 aliphatic carbocycles. The zero-order chi connectivity index (χ0) is 9.84. The molecule has 0 amide bonds. The molecular weight excluding hydrogens is 208 g/mol. The summed E-state index contributed by atoms with van der Waals surface area (Å²) in [4.78, 5) is 21.2. The molecule has 5 heteroatoms. The van der Waals surface area contributed by atoms with E-state index in [4.69, 9.17) is 5.11 Å². The van der Waals surface area contributed by atoms with Crippen LogP contribution in [0.3, 0.4) is 0 Å². The molecule has 3 nitrogen and oxygen atoms in total. The second-order valence-corrected chi connectivity index (χ2v) is 5.67. The van der Waals surface area contributed by atoms with Crippen LogP contribution < -0.4 is 0 Å². The molecule has 0 radical (unpaired) electrons. The summed E-state index contributed by atoms with van der Waals surface area (Å²) in [6.45, 7) is 1.54. The monoisotopic (exact) mass is 220 g/mol. The number of aliphatic carboxylic acids is 1. The number of hydrogen-bond donors (Lipinski definition) is 1. The van der Waals surface area contributed by atoms with E-state index in [1.807, 2.05) is 0 Å². The Bertz CT molecular complexity index is 217. The van der Waals surface area contributed by atoms with Crippen molar-refractivity contribution in [2.24, 2.45) is 0 Å². The first-order valence-electron chi connectivity index (χ1n) is 4.11. The van der Waals surface area contributed by atoms with E-state index in [-0.39, 0.29) is 10.4 Å². The van der Waals surface area contributed by atoms with Crippen LogP contribution in [0.25, 0.3) is 0 Å². The van der Waals surface area contributed by atoms with Gasteiger partial charge >= 0.3 is 5.97 Å². The van der Waals surface area contributed by atoms with Gasteiger partial charge in [-0.15, -0.1) is 11.8 Å². The number of carbonyl (C=O) groups is 2. The van der Waals surface area contributed by atoms with Crippen LogP contribution in [0.2, 0.25) is 0 Å². The quantitative estimate of drug-likeness (QED) is 0.783. The van der Waals surface area contributed by atoms with Gasteiger partial charge in [0.1, 0.15) is 5.25 Å². The van der Waals surface area contributed by atoms with Crippen molar-refractivity contribution in [3.05, 3.63) is 0 Å². The molecule has 0 aromatic rings. The molecule has 1 rings (SSSR count). The highest BCUT2D eigenvalue weighted by Crippen LogP contribution is 2.35. The van der Waals surface area contributed by atoms with Gasteiger partial charge in [-0.3, -0.25) is 9.59 Å². The van der Waals surface area contributed by atoms with Gasteiger partial charge in [0, 0.05) is 17.9 Å². The molecule has 74 valence electrons. The van der Waals surface area contributed by atoms with Gasteiger partial charge in [0.05, 0.1) is 0 Å². The summed E-state index contributed by atoms with van der Waals surface area (Å²) in [6.07, 6.45) is 1.66. The molecule has 0 bridgehead atoms. The van der Waals surface area contributed by atoms with E-state index < -0.39 is 5.97 Å². The summed E-state index contributed by atoms with van der Waals surface area (Å²) >= 11 is 2.78. The second kappa shape index (κ2) is 4.91. The highest BCUT2D eigenvalue weighted by atomic mass is 32.2. The standard InChI is InChI=1S/C8H12O3S2/c1-5(9)12-4-6-2-3-7(13-6)8(10)11/h6-7H,2-4H2,1H3,(H,10,11). The third kappa shape index (κ3) is 3.60. The number of rotatable bonds is 3. The van der Waals surface area contributed by atoms with Crippen molar-refractivity contribution in [3.8, 4) is 0 Å². The lowest BCUT2D eigenvalue weighted by Gasteiger charge is -2.06. The maximum Gasteiger partial charge on any atom is 0.316 e. The number of carboxylic acid groups (broad SMARTS) is 1. The summed E-state index contributed by atoms with van der Waals surface area (Å²) < 4.78 is 0. The van der Waals surface area contributed by atoms with Gasteiger partial charge in [-0.05, 0) is 12.8 Å². The van der Waals surface area contributed by atoms with Gasteiger partial charge in [0.2, 0.25) is 0 Å². The molecule has 0 spiro atoms. The molecular formula is C8H12O3S2. The molecule has 1 fully saturated rings. The van der Waals surface area contributed by atoms with E-state index in [0.717, 1.165) is 18.6 Å². The zero-order valence-corrected chi connectivity index (χ0v) is 8.99. The average molecular weight is 220 g/mol. The maximum absolute atomic E-state index is 10.7. The van der Waals surface area contributed by atoms with Crippen LogP contribution in [0.4, 0.5) is 0 Å². The Labute approximate surface area is 85.7 Å². The van der Waals surface area contributed by atoms with Crippen LogP contribution in [0, 0.1) is 0 Å². The van der Waals surface area contributed by atoms with Gasteiger partial charge in [-0.1, -0.05) is 11.8 Å². The smallest absolute Gasteiger partial charge is 0.316 e. The first-order chi connectivity index (χ1) is 6.09. The highest BCUT2D eigenvalue weighted by Gasteiger charge is 2.30. The van der Waals surface area contributed by atoms with Crippen LogP contribution in [-0.4, -0.2) is 32.4 Å². The van der Waals surface area contributed by atoms with E-state index in [2.05, 4.69) is 0 Å². The van der Waals surface area contributed by atoms with Gasteiger partial charge in [-0.2, -0.15) is 0 Å². The lowest BCUT2D eigenvalue weighted by Crippen LogP contribution is -2.12. The van der Waals surface area contributed by atoms with Gasteiger partial charge < -0.3 is 5.11 Å². The number of hydrogen-bond acceptors (Lipinski definition) is 4. The van der Waals surface area contributed by atoms with Gasteiger partial charge in [0.15, 0.2) is 5.12 Å². The second-order valence-electron chi connectivity index (χ2n) is 2.96. The van der Waals surface area contributed by atoms with E-state index in [0.29, 0.717) is 5.25 Å². The summed E-state index contributed by atoms with van der Waals surface area (Å²) in [6, 6.07) is 0. The minimum atomic E-state index is -0.722. The van der Waals surface area contributed by atoms with Crippen LogP contribution in [-0.2, 0) is 9.59 Å². The minimum absolute atomic E-state index is 0.111.